The molecule has 1 aromatic heterocycles. The summed E-state index contributed by atoms with van der Waals surface area (Å²) < 4.78 is 41.5. The molecule has 1 heterocycles. The summed E-state index contributed by atoms with van der Waals surface area (Å²) in [5, 5.41) is -0.778. The van der Waals surface area contributed by atoms with E-state index in [2.05, 4.69) is 0 Å². The fourth-order valence-electron chi connectivity index (χ4n) is 0.604. The van der Waals surface area contributed by atoms with Gasteiger partial charge in [0.25, 0.3) is 0 Å². The van der Waals surface area contributed by atoms with Crippen LogP contribution in [0.5, 0.6) is 0 Å². The van der Waals surface area contributed by atoms with E-state index in [0.717, 1.165) is 12.3 Å². The van der Waals surface area contributed by atoms with Crippen molar-refractivity contribution in [1.29, 1.82) is 0 Å². The molecule has 0 unspecified atom stereocenters. The van der Waals surface area contributed by atoms with E-state index in [9.17, 15) is 12.9 Å². The molecule has 6 heteroatoms. The molecule has 0 saturated carbocycles. The van der Waals surface area contributed by atoms with Gasteiger partial charge >= 0.3 is 15.1 Å². The molecule has 4 nitrogen and oxygen atoms in total. The Hall–Kier alpha value is -1.01. The quantitative estimate of drug-likeness (QED) is 0.613. The third kappa shape index (κ3) is 1.72. The van der Waals surface area contributed by atoms with Crippen molar-refractivity contribution >= 4 is 10.1 Å². The SMILES string of the molecule is O=S(=O)(O)c1cccc[n+]1F. The van der Waals surface area contributed by atoms with E-state index in [1.165, 1.54) is 12.1 Å². The van der Waals surface area contributed by atoms with Crippen LogP contribution in [0.1, 0.15) is 0 Å². The largest absolute Gasteiger partial charge is 0.369 e. The van der Waals surface area contributed by atoms with Crippen molar-refractivity contribution in [3.8, 4) is 0 Å². The molecule has 11 heavy (non-hydrogen) atoms. The highest BCUT2D eigenvalue weighted by Crippen LogP contribution is 1.99. The van der Waals surface area contributed by atoms with Crippen LogP contribution in [0.2, 0.25) is 0 Å². The van der Waals surface area contributed by atoms with Crippen molar-refractivity contribution in [2.75, 3.05) is 0 Å². The molecule has 1 rings (SSSR count). The maximum atomic E-state index is 12.5. The molecule has 1 N–H and O–H groups in total. The average Bonchev–Trinajstić information content (AvgIpc) is 1.86. The smallest absolute Gasteiger partial charge is 0.277 e. The first-order valence-corrected chi connectivity index (χ1v) is 4.10. The van der Waals surface area contributed by atoms with Crippen LogP contribution in [-0.2, 0) is 10.1 Å². The van der Waals surface area contributed by atoms with Gasteiger partial charge in [0.15, 0.2) is 0 Å². The Balaban J connectivity index is 3.37. The van der Waals surface area contributed by atoms with Crippen LogP contribution in [0.25, 0.3) is 0 Å². The Morgan fingerprint density at radius 2 is 2.09 bits per heavy atom. The average molecular weight is 178 g/mol. The molecule has 1 aromatic rings. The molecule has 0 aliphatic carbocycles. The van der Waals surface area contributed by atoms with Crippen molar-refractivity contribution in [1.82, 2.24) is 0 Å². The van der Waals surface area contributed by atoms with E-state index in [1.807, 2.05) is 0 Å². The van der Waals surface area contributed by atoms with Gasteiger partial charge in [0, 0.05) is 16.9 Å². The summed E-state index contributed by atoms with van der Waals surface area (Å²) in [5.74, 6) is 0. The first-order valence-electron chi connectivity index (χ1n) is 2.66. The lowest BCUT2D eigenvalue weighted by Gasteiger charge is -1.87. The third-order valence-corrected chi connectivity index (χ3v) is 1.88. The minimum absolute atomic E-state index is 0.171. The highest BCUT2D eigenvalue weighted by Gasteiger charge is 2.23. The van der Waals surface area contributed by atoms with Crippen molar-refractivity contribution in [2.45, 2.75) is 5.03 Å². The number of hydrogen-bond donors (Lipinski definition) is 1. The molecule has 0 aromatic carbocycles. The molecule has 0 bridgehead atoms. The highest BCUT2D eigenvalue weighted by atomic mass is 32.2. The van der Waals surface area contributed by atoms with Crippen molar-refractivity contribution in [3.05, 3.63) is 24.4 Å². The van der Waals surface area contributed by atoms with Gasteiger partial charge in [-0.05, 0) is 6.07 Å². The minimum Gasteiger partial charge on any atom is -0.277 e. The standard InChI is InChI=1S/C5H4FNO3S/c6-7-4-2-1-3-5(7)11(8,9)10/h1-4H/p+1. The fraction of sp³-hybridized carbons (Fsp3) is 0. The Morgan fingerprint density at radius 3 is 2.45 bits per heavy atom. The Labute approximate surface area is 62.6 Å². The lowest BCUT2D eigenvalue weighted by atomic mass is 10.5. The second kappa shape index (κ2) is 2.55. The molecule has 0 saturated heterocycles. The number of halogens is 1. The lowest BCUT2D eigenvalue weighted by Crippen LogP contribution is -2.29. The molecule has 0 spiro atoms. The number of pyridine rings is 1. The van der Waals surface area contributed by atoms with Crippen LogP contribution in [-0.4, -0.2) is 13.0 Å². The van der Waals surface area contributed by atoms with Gasteiger partial charge in [-0.1, -0.05) is 0 Å². The minimum atomic E-state index is -4.45. The van der Waals surface area contributed by atoms with Gasteiger partial charge in [0.2, 0.25) is 6.20 Å². The summed E-state index contributed by atoms with van der Waals surface area (Å²) in [7, 11) is -4.45. The molecule has 60 valence electrons. The van der Waals surface area contributed by atoms with Crippen molar-refractivity contribution in [3.63, 3.8) is 0 Å². The molecular formula is C5H5FNO3S+. The van der Waals surface area contributed by atoms with Gasteiger partial charge in [-0.2, -0.15) is 8.42 Å². The van der Waals surface area contributed by atoms with E-state index >= 15 is 0 Å². The molecule has 0 atom stereocenters. The summed E-state index contributed by atoms with van der Waals surface area (Å²) >= 11 is 0. The highest BCUT2D eigenvalue weighted by molar-refractivity contribution is 7.85. The zero-order valence-electron chi connectivity index (χ0n) is 5.31. The Morgan fingerprint density at radius 1 is 1.45 bits per heavy atom. The third-order valence-electron chi connectivity index (χ3n) is 1.04. The Bertz CT molecular complexity index is 362. The van der Waals surface area contributed by atoms with Gasteiger partial charge in [0.1, 0.15) is 0 Å². The summed E-state index contributed by atoms with van der Waals surface area (Å²) in [6.45, 7) is 0. The summed E-state index contributed by atoms with van der Waals surface area (Å²) in [4.78, 5) is -0.171. The van der Waals surface area contributed by atoms with Crippen molar-refractivity contribution in [2.24, 2.45) is 0 Å². The predicted octanol–water partition coefficient (Wildman–Crippen LogP) is -0.0466. The maximum absolute atomic E-state index is 12.5. The normalized spacial score (nSPS) is 11.5. The van der Waals surface area contributed by atoms with E-state index in [-0.39, 0.29) is 4.79 Å². The molecule has 0 amide bonds. The van der Waals surface area contributed by atoms with Gasteiger partial charge in [-0.3, -0.25) is 4.55 Å². The van der Waals surface area contributed by atoms with E-state index in [4.69, 9.17) is 4.55 Å². The van der Waals surface area contributed by atoms with Gasteiger partial charge in [0.05, 0.1) is 4.48 Å². The van der Waals surface area contributed by atoms with Gasteiger partial charge in [-0.15, -0.1) is 0 Å². The van der Waals surface area contributed by atoms with Crippen LogP contribution in [0.15, 0.2) is 29.4 Å². The molecule has 0 aliphatic rings. The summed E-state index contributed by atoms with van der Waals surface area (Å²) in [5.41, 5.74) is 0. The number of hydrogen-bond acceptors (Lipinski definition) is 2. The number of rotatable bonds is 1. The van der Waals surface area contributed by atoms with Crippen molar-refractivity contribution < 1.29 is 22.2 Å². The van der Waals surface area contributed by atoms with Crippen LogP contribution in [0, 0.1) is 0 Å². The zero-order valence-corrected chi connectivity index (χ0v) is 6.12. The van der Waals surface area contributed by atoms with Crippen LogP contribution < -0.4 is 4.79 Å². The molecule has 0 radical (unpaired) electrons. The zero-order chi connectivity index (χ0) is 8.48. The first-order chi connectivity index (χ1) is 5.02. The van der Waals surface area contributed by atoms with Gasteiger partial charge < -0.3 is 0 Å². The van der Waals surface area contributed by atoms with E-state index in [1.54, 1.807) is 0 Å². The second-order valence-corrected chi connectivity index (χ2v) is 3.19. The van der Waals surface area contributed by atoms with Crippen LogP contribution in [0.3, 0.4) is 0 Å². The molecule has 0 fully saturated rings. The van der Waals surface area contributed by atoms with E-state index in [0.29, 0.717) is 0 Å². The van der Waals surface area contributed by atoms with E-state index < -0.39 is 15.1 Å². The molecular weight excluding hydrogens is 173 g/mol. The monoisotopic (exact) mass is 178 g/mol. The predicted molar refractivity (Wildman–Crippen MR) is 33.0 cm³/mol. The maximum Gasteiger partial charge on any atom is 0.369 e. The van der Waals surface area contributed by atoms with Gasteiger partial charge in [-0.25, -0.2) is 0 Å². The topological polar surface area (TPSA) is 58.3 Å². The first kappa shape index (κ1) is 8.09. The molecule has 0 aliphatic heterocycles. The number of aromatic nitrogens is 1. The Kier molecular flexibility index (Phi) is 1.88. The second-order valence-electron chi connectivity index (χ2n) is 1.83. The van der Waals surface area contributed by atoms with Crippen LogP contribution >= 0.6 is 0 Å². The summed E-state index contributed by atoms with van der Waals surface area (Å²) in [6.07, 6.45) is 0.878. The summed E-state index contributed by atoms with van der Waals surface area (Å²) in [6, 6.07) is 3.56. The fourth-order valence-corrected chi connectivity index (χ4v) is 1.14. The number of nitrogens with zero attached hydrogens (tertiary/aromatic N) is 1. The van der Waals surface area contributed by atoms with Crippen LogP contribution in [0.4, 0.5) is 4.48 Å². The lowest BCUT2D eigenvalue weighted by molar-refractivity contribution is -0.874.